The maximum atomic E-state index is 12.8. The van der Waals surface area contributed by atoms with E-state index in [1.807, 2.05) is 42.2 Å². The quantitative estimate of drug-likeness (QED) is 0.730. The molecule has 1 heterocycles. The van der Waals surface area contributed by atoms with Crippen LogP contribution in [0.2, 0.25) is 0 Å². The minimum absolute atomic E-state index is 0.149. The average molecular weight is 419 g/mol. The van der Waals surface area contributed by atoms with E-state index >= 15 is 0 Å². The monoisotopic (exact) mass is 418 g/mol. The van der Waals surface area contributed by atoms with E-state index < -0.39 is 10.0 Å². The van der Waals surface area contributed by atoms with Crippen LogP contribution >= 0.6 is 0 Å². The van der Waals surface area contributed by atoms with Gasteiger partial charge in [0.05, 0.1) is 26.2 Å². The number of likely N-dealkylation sites (N-methyl/N-ethyl adjacent to an activating group) is 1. The molecular formula is C22H32N3O3S+. The van der Waals surface area contributed by atoms with Crippen LogP contribution in [0.1, 0.15) is 38.2 Å². The average Bonchev–Trinajstić information content (AvgIpc) is 2.75. The van der Waals surface area contributed by atoms with Gasteiger partial charge in [-0.3, -0.25) is 4.79 Å². The number of nitrogens with one attached hydrogen (secondary N) is 1. The highest BCUT2D eigenvalue weighted by molar-refractivity contribution is 7.92. The van der Waals surface area contributed by atoms with Crippen LogP contribution in [-0.4, -0.2) is 62.8 Å². The fourth-order valence-electron chi connectivity index (χ4n) is 3.96. The first-order valence-electron chi connectivity index (χ1n) is 10.6. The van der Waals surface area contributed by atoms with Gasteiger partial charge in [-0.2, -0.15) is 4.31 Å². The van der Waals surface area contributed by atoms with Gasteiger partial charge < -0.3 is 9.80 Å². The van der Waals surface area contributed by atoms with Crippen molar-refractivity contribution in [3.05, 3.63) is 53.1 Å². The number of rotatable bonds is 7. The molecule has 2 aliphatic rings. The fraction of sp³-hybridized carbons (Fsp3) is 0.500. The molecule has 1 aromatic carbocycles. The first-order valence-corrected chi connectivity index (χ1v) is 12.1. The number of piperazine rings is 1. The summed E-state index contributed by atoms with van der Waals surface area (Å²) >= 11 is 0. The molecule has 0 radical (unpaired) electrons. The van der Waals surface area contributed by atoms with Gasteiger partial charge in [-0.25, -0.2) is 8.42 Å². The Morgan fingerprint density at radius 2 is 1.90 bits per heavy atom. The number of carbonyl (C=O) groups is 1. The topological polar surface area (TPSA) is 62.1 Å². The summed E-state index contributed by atoms with van der Waals surface area (Å²) in [4.78, 5) is 15.9. The normalized spacial score (nSPS) is 19.3. The Balaban J connectivity index is 1.52. The predicted molar refractivity (Wildman–Crippen MR) is 115 cm³/mol. The predicted octanol–water partition coefficient (Wildman–Crippen LogP) is 1.49. The summed E-state index contributed by atoms with van der Waals surface area (Å²) in [5.41, 5.74) is 2.03. The zero-order valence-electron chi connectivity index (χ0n) is 17.2. The third-order valence-corrected chi connectivity index (χ3v) is 7.22. The van der Waals surface area contributed by atoms with Crippen molar-refractivity contribution in [2.75, 3.05) is 39.3 Å². The number of quaternary nitrogens is 1. The van der Waals surface area contributed by atoms with Crippen LogP contribution in [0.15, 0.2) is 47.5 Å². The lowest BCUT2D eigenvalue weighted by molar-refractivity contribution is -0.895. The molecule has 1 saturated heterocycles. The molecule has 1 aliphatic heterocycles. The molecule has 0 saturated carbocycles. The summed E-state index contributed by atoms with van der Waals surface area (Å²) in [6.45, 7) is 5.34. The SMILES string of the molecule is CCN(C(=O)C[NH+]1CCN(S(=O)(=O)/C=C/c2ccccc2)CC1)C1=CCCCC1. The number of amides is 1. The van der Waals surface area contributed by atoms with E-state index in [0.29, 0.717) is 39.3 Å². The van der Waals surface area contributed by atoms with Crippen molar-refractivity contribution in [1.82, 2.24) is 9.21 Å². The number of benzene rings is 1. The Bertz CT molecular complexity index is 841. The van der Waals surface area contributed by atoms with Gasteiger partial charge in [-0.05, 0) is 44.2 Å². The Morgan fingerprint density at radius 1 is 1.17 bits per heavy atom. The van der Waals surface area contributed by atoms with E-state index in [-0.39, 0.29) is 5.91 Å². The van der Waals surface area contributed by atoms with E-state index in [9.17, 15) is 13.2 Å². The number of allylic oxidation sites excluding steroid dienone is 2. The smallest absolute Gasteiger partial charge is 0.281 e. The van der Waals surface area contributed by atoms with Crippen molar-refractivity contribution in [3.63, 3.8) is 0 Å². The zero-order valence-corrected chi connectivity index (χ0v) is 18.0. The van der Waals surface area contributed by atoms with E-state index in [1.165, 1.54) is 16.1 Å². The minimum atomic E-state index is -3.44. The van der Waals surface area contributed by atoms with E-state index in [4.69, 9.17) is 0 Å². The first-order chi connectivity index (χ1) is 14.0. The largest absolute Gasteiger partial charge is 0.325 e. The molecule has 6 nitrogen and oxygen atoms in total. The number of hydrogen-bond donors (Lipinski definition) is 1. The van der Waals surface area contributed by atoms with Crippen molar-refractivity contribution in [3.8, 4) is 0 Å². The van der Waals surface area contributed by atoms with Gasteiger partial charge in [-0.1, -0.05) is 36.4 Å². The first kappa shape index (κ1) is 21.7. The lowest BCUT2D eigenvalue weighted by atomic mass is 10.0. The summed E-state index contributed by atoms with van der Waals surface area (Å²) in [5, 5.41) is 1.28. The molecule has 1 aromatic rings. The minimum Gasteiger partial charge on any atom is -0.325 e. The maximum Gasteiger partial charge on any atom is 0.281 e. The highest BCUT2D eigenvalue weighted by Gasteiger charge is 2.30. The summed E-state index contributed by atoms with van der Waals surface area (Å²) in [7, 11) is -3.44. The number of nitrogens with zero attached hydrogens (tertiary/aromatic N) is 2. The molecule has 0 spiro atoms. The molecule has 1 amide bonds. The van der Waals surface area contributed by atoms with Crippen molar-refractivity contribution in [1.29, 1.82) is 0 Å². The van der Waals surface area contributed by atoms with Crippen LogP contribution in [0, 0.1) is 0 Å². The molecule has 1 fully saturated rings. The summed E-state index contributed by atoms with van der Waals surface area (Å²) in [6, 6.07) is 9.42. The third-order valence-electron chi connectivity index (χ3n) is 5.65. The van der Waals surface area contributed by atoms with Gasteiger partial charge in [0.2, 0.25) is 10.0 Å². The standard InChI is InChI=1S/C22H31N3O3S/c1-2-25(21-11-7-4-8-12-21)22(26)19-23-14-16-24(17-15-23)29(27,28)18-13-20-9-5-3-6-10-20/h3,5-6,9-11,13,18H,2,4,7-8,12,14-17,19H2,1H3/p+1/b18-13+. The second kappa shape index (κ2) is 10.2. The van der Waals surface area contributed by atoms with E-state index in [1.54, 1.807) is 6.08 Å². The van der Waals surface area contributed by atoms with Crippen LogP contribution in [-0.2, 0) is 14.8 Å². The number of carbonyl (C=O) groups excluding carboxylic acids is 1. The molecule has 0 aromatic heterocycles. The second-order valence-corrected chi connectivity index (χ2v) is 9.48. The molecular weight excluding hydrogens is 386 g/mol. The molecule has 1 aliphatic carbocycles. The summed E-state index contributed by atoms with van der Waals surface area (Å²) < 4.78 is 26.7. The Morgan fingerprint density at radius 3 is 2.52 bits per heavy atom. The van der Waals surface area contributed by atoms with Crippen molar-refractivity contribution in [2.45, 2.75) is 32.6 Å². The Labute approximate surface area is 174 Å². The van der Waals surface area contributed by atoms with Gasteiger partial charge in [0.1, 0.15) is 0 Å². The van der Waals surface area contributed by atoms with Crippen LogP contribution in [0.5, 0.6) is 0 Å². The third kappa shape index (κ3) is 6.01. The maximum absolute atomic E-state index is 12.8. The van der Waals surface area contributed by atoms with Gasteiger partial charge in [-0.15, -0.1) is 0 Å². The Hall–Kier alpha value is -1.96. The summed E-state index contributed by atoms with van der Waals surface area (Å²) in [5.74, 6) is 0.149. The lowest BCUT2D eigenvalue weighted by Crippen LogP contribution is -3.15. The molecule has 158 valence electrons. The summed E-state index contributed by atoms with van der Waals surface area (Å²) in [6.07, 6.45) is 8.22. The number of hydrogen-bond acceptors (Lipinski definition) is 3. The molecule has 1 N–H and O–H groups in total. The van der Waals surface area contributed by atoms with Crippen molar-refractivity contribution < 1.29 is 18.1 Å². The molecule has 29 heavy (non-hydrogen) atoms. The van der Waals surface area contributed by atoms with E-state index in [0.717, 1.165) is 35.4 Å². The zero-order chi connectivity index (χ0) is 20.7. The van der Waals surface area contributed by atoms with Crippen LogP contribution in [0.4, 0.5) is 0 Å². The second-order valence-electron chi connectivity index (χ2n) is 7.66. The molecule has 0 atom stereocenters. The van der Waals surface area contributed by atoms with Crippen molar-refractivity contribution in [2.24, 2.45) is 0 Å². The van der Waals surface area contributed by atoms with Gasteiger partial charge in [0, 0.05) is 17.6 Å². The van der Waals surface area contributed by atoms with Crippen LogP contribution < -0.4 is 4.90 Å². The van der Waals surface area contributed by atoms with E-state index in [2.05, 4.69) is 6.08 Å². The molecule has 0 unspecified atom stereocenters. The molecule has 0 bridgehead atoms. The molecule has 3 rings (SSSR count). The highest BCUT2D eigenvalue weighted by atomic mass is 32.2. The lowest BCUT2D eigenvalue weighted by Gasteiger charge is -2.32. The van der Waals surface area contributed by atoms with Crippen molar-refractivity contribution >= 4 is 22.0 Å². The van der Waals surface area contributed by atoms with Gasteiger partial charge in [0.15, 0.2) is 6.54 Å². The highest BCUT2D eigenvalue weighted by Crippen LogP contribution is 2.20. The van der Waals surface area contributed by atoms with Crippen LogP contribution in [0.3, 0.4) is 0 Å². The van der Waals surface area contributed by atoms with Gasteiger partial charge >= 0.3 is 0 Å². The Kier molecular flexibility index (Phi) is 7.64. The molecule has 7 heteroatoms. The fourth-order valence-corrected chi connectivity index (χ4v) is 5.16. The van der Waals surface area contributed by atoms with Gasteiger partial charge in [0.25, 0.3) is 5.91 Å². The van der Waals surface area contributed by atoms with Crippen LogP contribution in [0.25, 0.3) is 6.08 Å². The number of sulfonamides is 1.